The first kappa shape index (κ1) is 10.7. The van der Waals surface area contributed by atoms with E-state index >= 15 is 0 Å². The summed E-state index contributed by atoms with van der Waals surface area (Å²) in [7, 11) is 0. The number of H-pyrrole nitrogens is 1. The molecule has 0 radical (unpaired) electrons. The Hall–Kier alpha value is -0.780. The Kier molecular flexibility index (Phi) is 3.45. The smallest absolute Gasteiger partial charge is 0.196 e. The van der Waals surface area contributed by atoms with E-state index in [2.05, 4.69) is 14.9 Å². The van der Waals surface area contributed by atoms with Crippen molar-refractivity contribution in [3.63, 3.8) is 0 Å². The normalized spacial score (nSPS) is 16.3. The molecule has 0 unspecified atom stereocenters. The molecule has 1 aliphatic rings. The summed E-state index contributed by atoms with van der Waals surface area (Å²) in [6.45, 7) is 5.37. The topological polar surface area (TPSA) is 41.1 Å². The maximum atomic E-state index is 5.39. The standard InChI is InChI=1S/C10H15N3OS/c1-2-14-7-13-4-3-8-5-11-10(15)12-9(8)6-13/h5H,2-4,6-7H2,1H3,(H,11,12,15). The second-order valence-corrected chi connectivity index (χ2v) is 4.00. The van der Waals surface area contributed by atoms with Crippen LogP contribution in [0.2, 0.25) is 0 Å². The van der Waals surface area contributed by atoms with E-state index in [0.29, 0.717) is 11.5 Å². The van der Waals surface area contributed by atoms with Gasteiger partial charge in [-0.15, -0.1) is 0 Å². The number of aromatic amines is 1. The van der Waals surface area contributed by atoms with Gasteiger partial charge in [-0.25, -0.2) is 4.98 Å². The van der Waals surface area contributed by atoms with Crippen LogP contribution >= 0.6 is 12.2 Å². The lowest BCUT2D eigenvalue weighted by Crippen LogP contribution is -2.33. The highest BCUT2D eigenvalue weighted by Crippen LogP contribution is 2.15. The van der Waals surface area contributed by atoms with Gasteiger partial charge in [0.05, 0.1) is 6.73 Å². The van der Waals surface area contributed by atoms with Crippen molar-refractivity contribution in [3.05, 3.63) is 22.2 Å². The Morgan fingerprint density at radius 2 is 2.53 bits per heavy atom. The summed E-state index contributed by atoms with van der Waals surface area (Å²) in [5.74, 6) is 0. The van der Waals surface area contributed by atoms with Gasteiger partial charge in [0.25, 0.3) is 0 Å². The van der Waals surface area contributed by atoms with Crippen molar-refractivity contribution in [1.82, 2.24) is 14.9 Å². The minimum Gasteiger partial charge on any atom is -0.366 e. The molecule has 0 saturated heterocycles. The van der Waals surface area contributed by atoms with E-state index in [0.717, 1.165) is 26.1 Å². The van der Waals surface area contributed by atoms with Gasteiger partial charge in [0, 0.05) is 31.6 Å². The highest BCUT2D eigenvalue weighted by Gasteiger charge is 2.16. The lowest BCUT2D eigenvalue weighted by molar-refractivity contribution is 0.0269. The molecule has 1 aromatic rings. The van der Waals surface area contributed by atoms with Crippen LogP contribution in [0.4, 0.5) is 0 Å². The highest BCUT2D eigenvalue weighted by molar-refractivity contribution is 7.71. The Bertz CT molecular complexity index is 390. The minimum absolute atomic E-state index is 0.562. The third-order valence-corrected chi connectivity index (χ3v) is 2.75. The molecule has 1 N–H and O–H groups in total. The van der Waals surface area contributed by atoms with E-state index in [1.54, 1.807) is 0 Å². The van der Waals surface area contributed by atoms with Gasteiger partial charge in [-0.1, -0.05) is 0 Å². The average molecular weight is 225 g/mol. The molecule has 0 amide bonds. The Labute approximate surface area is 94.3 Å². The lowest BCUT2D eigenvalue weighted by Gasteiger charge is -2.27. The molecule has 0 fully saturated rings. The minimum atomic E-state index is 0.562. The molecule has 2 heterocycles. The van der Waals surface area contributed by atoms with Crippen LogP contribution in [0.15, 0.2) is 6.20 Å². The van der Waals surface area contributed by atoms with E-state index in [-0.39, 0.29) is 0 Å². The van der Waals surface area contributed by atoms with Gasteiger partial charge >= 0.3 is 0 Å². The number of nitrogens with zero attached hydrogens (tertiary/aromatic N) is 2. The molecule has 2 rings (SSSR count). The Balaban J connectivity index is 2.08. The van der Waals surface area contributed by atoms with Crippen molar-refractivity contribution in [2.75, 3.05) is 19.9 Å². The summed E-state index contributed by atoms with van der Waals surface area (Å²) in [4.78, 5) is 9.49. The van der Waals surface area contributed by atoms with Crippen molar-refractivity contribution in [2.24, 2.45) is 0 Å². The van der Waals surface area contributed by atoms with Crippen molar-refractivity contribution in [2.45, 2.75) is 19.9 Å². The second-order valence-electron chi connectivity index (χ2n) is 3.62. The third-order valence-electron chi connectivity index (χ3n) is 2.54. The van der Waals surface area contributed by atoms with Gasteiger partial charge in [0.15, 0.2) is 4.77 Å². The molecule has 1 aliphatic heterocycles. The molecule has 0 aromatic carbocycles. The van der Waals surface area contributed by atoms with Crippen LogP contribution in [0.25, 0.3) is 0 Å². The van der Waals surface area contributed by atoms with Crippen LogP contribution in [0.1, 0.15) is 18.2 Å². The molecule has 0 spiro atoms. The van der Waals surface area contributed by atoms with Crippen molar-refractivity contribution in [3.8, 4) is 0 Å². The lowest BCUT2D eigenvalue weighted by atomic mass is 10.1. The molecule has 0 aliphatic carbocycles. The number of rotatable bonds is 3. The molecular formula is C10H15N3OS. The zero-order chi connectivity index (χ0) is 10.7. The van der Waals surface area contributed by atoms with Crippen LogP contribution in [-0.4, -0.2) is 34.8 Å². The molecule has 5 heteroatoms. The molecular weight excluding hydrogens is 210 g/mol. The molecule has 4 nitrogen and oxygen atoms in total. The van der Waals surface area contributed by atoms with E-state index in [1.165, 1.54) is 11.3 Å². The number of ether oxygens (including phenoxy) is 1. The highest BCUT2D eigenvalue weighted by atomic mass is 32.1. The van der Waals surface area contributed by atoms with E-state index in [1.807, 2.05) is 13.1 Å². The maximum Gasteiger partial charge on any atom is 0.196 e. The second kappa shape index (κ2) is 4.83. The van der Waals surface area contributed by atoms with Crippen LogP contribution in [0, 0.1) is 4.77 Å². The Morgan fingerprint density at radius 1 is 1.67 bits per heavy atom. The SMILES string of the molecule is CCOCN1CCc2cnc(=S)[nH]c2C1. The molecule has 1 aromatic heterocycles. The van der Waals surface area contributed by atoms with Crippen LogP contribution in [0.3, 0.4) is 0 Å². The predicted molar refractivity (Wildman–Crippen MR) is 60.0 cm³/mol. The number of nitrogens with one attached hydrogen (secondary N) is 1. The third kappa shape index (κ3) is 2.62. The fourth-order valence-corrected chi connectivity index (χ4v) is 1.90. The zero-order valence-electron chi connectivity index (χ0n) is 8.82. The summed E-state index contributed by atoms with van der Waals surface area (Å²) in [6.07, 6.45) is 2.90. The van der Waals surface area contributed by atoms with Crippen LogP contribution < -0.4 is 0 Å². The summed E-state index contributed by atoms with van der Waals surface area (Å²) < 4.78 is 5.95. The van der Waals surface area contributed by atoms with Gasteiger partial charge in [-0.2, -0.15) is 0 Å². The maximum absolute atomic E-state index is 5.39. The largest absolute Gasteiger partial charge is 0.366 e. The monoisotopic (exact) mass is 225 g/mol. The number of aromatic nitrogens is 2. The molecule has 0 bridgehead atoms. The summed E-state index contributed by atoms with van der Waals surface area (Å²) >= 11 is 5.01. The van der Waals surface area contributed by atoms with Crippen molar-refractivity contribution >= 4 is 12.2 Å². The van der Waals surface area contributed by atoms with Crippen molar-refractivity contribution < 1.29 is 4.74 Å². The van der Waals surface area contributed by atoms with Gasteiger partial charge in [-0.3, -0.25) is 4.90 Å². The summed E-state index contributed by atoms with van der Waals surface area (Å²) in [5, 5.41) is 0. The number of hydrogen-bond acceptors (Lipinski definition) is 4. The fraction of sp³-hybridized carbons (Fsp3) is 0.600. The fourth-order valence-electron chi connectivity index (χ4n) is 1.72. The molecule has 0 atom stereocenters. The van der Waals surface area contributed by atoms with Gasteiger partial charge in [0.2, 0.25) is 0 Å². The van der Waals surface area contributed by atoms with Gasteiger partial charge in [0.1, 0.15) is 0 Å². The first-order valence-electron chi connectivity index (χ1n) is 5.16. The summed E-state index contributed by atoms with van der Waals surface area (Å²) in [6, 6.07) is 0. The number of fused-ring (bicyclic) bond motifs is 1. The van der Waals surface area contributed by atoms with Gasteiger partial charge in [-0.05, 0) is 31.1 Å². The molecule has 0 saturated carbocycles. The zero-order valence-corrected chi connectivity index (χ0v) is 9.64. The first-order valence-corrected chi connectivity index (χ1v) is 5.57. The molecule has 82 valence electrons. The first-order chi connectivity index (χ1) is 7.29. The quantitative estimate of drug-likeness (QED) is 0.791. The van der Waals surface area contributed by atoms with E-state index in [9.17, 15) is 0 Å². The van der Waals surface area contributed by atoms with E-state index < -0.39 is 0 Å². The number of hydrogen-bond donors (Lipinski definition) is 1. The van der Waals surface area contributed by atoms with E-state index in [4.69, 9.17) is 17.0 Å². The Morgan fingerprint density at radius 3 is 3.33 bits per heavy atom. The molecule has 15 heavy (non-hydrogen) atoms. The average Bonchev–Trinajstić information content (AvgIpc) is 2.25. The van der Waals surface area contributed by atoms with Crippen molar-refractivity contribution in [1.29, 1.82) is 0 Å². The predicted octanol–water partition coefficient (Wildman–Crippen LogP) is 1.49. The summed E-state index contributed by atoms with van der Waals surface area (Å²) in [5.41, 5.74) is 2.46. The van der Waals surface area contributed by atoms with Crippen LogP contribution in [0.5, 0.6) is 0 Å². The van der Waals surface area contributed by atoms with Gasteiger partial charge < -0.3 is 9.72 Å². The van der Waals surface area contributed by atoms with Crippen LogP contribution in [-0.2, 0) is 17.7 Å².